The third kappa shape index (κ3) is 8.96. The Morgan fingerprint density at radius 1 is 1.07 bits per heavy atom. The van der Waals surface area contributed by atoms with E-state index in [0.29, 0.717) is 25.4 Å². The molecule has 0 bridgehead atoms. The maximum absolute atomic E-state index is 10.5. The molecule has 0 saturated heterocycles. The first-order chi connectivity index (χ1) is 13.0. The second-order valence-corrected chi connectivity index (χ2v) is 5.95. The molecule has 0 unspecified atom stereocenters. The van der Waals surface area contributed by atoms with Crippen molar-refractivity contribution in [1.82, 2.24) is 5.32 Å². The lowest BCUT2D eigenvalue weighted by Crippen LogP contribution is -2.26. The van der Waals surface area contributed by atoms with Crippen LogP contribution in [0, 0.1) is 0 Å². The second kappa shape index (κ2) is 12.6. The number of alkyl carbamates (subject to hydrolysis) is 1. The molecule has 0 spiro atoms. The summed E-state index contributed by atoms with van der Waals surface area (Å²) in [5.74, 6) is 1.45. The van der Waals surface area contributed by atoms with Crippen molar-refractivity contribution in [3.8, 4) is 11.5 Å². The summed E-state index contributed by atoms with van der Waals surface area (Å²) in [5.41, 5.74) is 7.75. The molecular formula is C21H30N2O4. The number of carbonyl (C=O) groups excluding carboxylic acids is 1. The molecule has 1 amide bonds. The summed E-state index contributed by atoms with van der Waals surface area (Å²) < 4.78 is 15.8. The number of ether oxygens (including phenoxy) is 3. The average Bonchev–Trinajstić information content (AvgIpc) is 2.67. The van der Waals surface area contributed by atoms with Crippen molar-refractivity contribution >= 4 is 6.09 Å². The molecule has 2 aromatic carbocycles. The molecular weight excluding hydrogens is 344 g/mol. The van der Waals surface area contributed by atoms with Crippen molar-refractivity contribution < 1.29 is 19.0 Å². The third-order valence-corrected chi connectivity index (χ3v) is 3.36. The lowest BCUT2D eigenvalue weighted by atomic mass is 10.2. The van der Waals surface area contributed by atoms with Crippen LogP contribution in [0.5, 0.6) is 11.5 Å². The van der Waals surface area contributed by atoms with Gasteiger partial charge in [0.15, 0.2) is 11.5 Å². The number of benzene rings is 2. The van der Waals surface area contributed by atoms with Gasteiger partial charge in [-0.05, 0) is 44.0 Å². The van der Waals surface area contributed by atoms with Gasteiger partial charge in [0.2, 0.25) is 0 Å². The van der Waals surface area contributed by atoms with Gasteiger partial charge in [0.1, 0.15) is 6.61 Å². The van der Waals surface area contributed by atoms with Crippen LogP contribution in [0.4, 0.5) is 4.79 Å². The largest absolute Gasteiger partial charge is 0.493 e. The van der Waals surface area contributed by atoms with Crippen LogP contribution in [-0.2, 0) is 17.9 Å². The summed E-state index contributed by atoms with van der Waals surface area (Å²) in [7, 11) is 1.63. The van der Waals surface area contributed by atoms with Gasteiger partial charge in [0, 0.05) is 13.1 Å². The molecule has 0 radical (unpaired) electrons. The van der Waals surface area contributed by atoms with Crippen LogP contribution in [0.25, 0.3) is 0 Å². The monoisotopic (exact) mass is 374 g/mol. The van der Waals surface area contributed by atoms with Crippen molar-refractivity contribution in [2.24, 2.45) is 5.73 Å². The molecule has 0 aromatic heterocycles. The molecule has 0 aliphatic rings. The van der Waals surface area contributed by atoms with E-state index in [1.54, 1.807) is 7.11 Å². The summed E-state index contributed by atoms with van der Waals surface area (Å²) in [5, 5.41) is 2.52. The van der Waals surface area contributed by atoms with E-state index in [4.69, 9.17) is 19.9 Å². The minimum atomic E-state index is -0.340. The van der Waals surface area contributed by atoms with Crippen LogP contribution >= 0.6 is 0 Å². The van der Waals surface area contributed by atoms with Gasteiger partial charge in [-0.15, -0.1) is 0 Å². The van der Waals surface area contributed by atoms with Crippen molar-refractivity contribution in [1.29, 1.82) is 0 Å². The van der Waals surface area contributed by atoms with Crippen molar-refractivity contribution in [2.45, 2.75) is 40.0 Å². The van der Waals surface area contributed by atoms with Gasteiger partial charge in [0.05, 0.1) is 13.2 Å². The molecule has 0 saturated carbocycles. The van der Waals surface area contributed by atoms with E-state index in [1.165, 1.54) is 0 Å². The Balaban J connectivity index is 0.000000345. The van der Waals surface area contributed by atoms with Gasteiger partial charge in [0.25, 0.3) is 0 Å². The van der Waals surface area contributed by atoms with Crippen LogP contribution in [0.3, 0.4) is 0 Å². The minimum Gasteiger partial charge on any atom is -0.493 e. The number of methoxy groups -OCH3 is 1. The molecule has 0 aliphatic carbocycles. The molecule has 6 heteroatoms. The van der Waals surface area contributed by atoms with Gasteiger partial charge < -0.3 is 25.3 Å². The number of rotatable bonds is 7. The van der Waals surface area contributed by atoms with Crippen LogP contribution in [-0.4, -0.2) is 25.9 Å². The standard InChI is InChI=1S/C15H17NO2.C6H13NO2/c1-17-15-9-13(10-16)7-8-14(15)18-11-12-5-3-2-4-6-12;1-4-7-6(8)9-5(2)3/h2-9H,10-11,16H2,1H3;5H,4H2,1-3H3,(H,7,8). The van der Waals surface area contributed by atoms with Gasteiger partial charge in [-0.2, -0.15) is 0 Å². The molecule has 2 aromatic rings. The summed E-state index contributed by atoms with van der Waals surface area (Å²) >= 11 is 0. The Morgan fingerprint density at radius 2 is 1.78 bits per heavy atom. The highest BCUT2D eigenvalue weighted by Crippen LogP contribution is 2.28. The number of nitrogens with one attached hydrogen (secondary N) is 1. The Morgan fingerprint density at radius 3 is 2.33 bits per heavy atom. The molecule has 2 rings (SSSR count). The zero-order valence-electron chi connectivity index (χ0n) is 16.5. The zero-order valence-corrected chi connectivity index (χ0v) is 16.5. The van der Waals surface area contributed by atoms with E-state index in [9.17, 15) is 4.79 Å². The third-order valence-electron chi connectivity index (χ3n) is 3.36. The van der Waals surface area contributed by atoms with E-state index < -0.39 is 0 Å². The first-order valence-corrected chi connectivity index (χ1v) is 8.98. The summed E-state index contributed by atoms with van der Waals surface area (Å²) in [6.45, 7) is 7.12. The van der Waals surface area contributed by atoms with Crippen molar-refractivity contribution in [3.05, 3.63) is 59.7 Å². The fraction of sp³-hybridized carbons (Fsp3) is 0.381. The van der Waals surface area contributed by atoms with Gasteiger partial charge >= 0.3 is 6.09 Å². The molecule has 6 nitrogen and oxygen atoms in total. The Hall–Kier alpha value is -2.73. The van der Waals surface area contributed by atoms with E-state index in [2.05, 4.69) is 5.32 Å². The molecule has 3 N–H and O–H groups in total. The van der Waals surface area contributed by atoms with Gasteiger partial charge in [-0.1, -0.05) is 36.4 Å². The maximum Gasteiger partial charge on any atom is 0.407 e. The second-order valence-electron chi connectivity index (χ2n) is 5.95. The first kappa shape index (κ1) is 22.3. The van der Waals surface area contributed by atoms with E-state index >= 15 is 0 Å². The summed E-state index contributed by atoms with van der Waals surface area (Å²) in [6, 6.07) is 15.8. The molecule has 0 atom stereocenters. The van der Waals surface area contributed by atoms with E-state index in [1.807, 2.05) is 69.3 Å². The molecule has 0 fully saturated rings. The Bertz CT molecular complexity index is 675. The minimum absolute atomic E-state index is 0.0310. The van der Waals surface area contributed by atoms with E-state index in [-0.39, 0.29) is 12.2 Å². The van der Waals surface area contributed by atoms with Crippen molar-refractivity contribution in [3.63, 3.8) is 0 Å². The topological polar surface area (TPSA) is 82.8 Å². The average molecular weight is 374 g/mol. The molecule has 148 valence electrons. The van der Waals surface area contributed by atoms with Crippen LogP contribution in [0.2, 0.25) is 0 Å². The lowest BCUT2D eigenvalue weighted by Gasteiger charge is -2.11. The predicted octanol–water partition coefficient (Wildman–Crippen LogP) is 3.87. The summed E-state index contributed by atoms with van der Waals surface area (Å²) in [6.07, 6.45) is -0.371. The maximum atomic E-state index is 10.5. The normalized spacial score (nSPS) is 9.85. The quantitative estimate of drug-likeness (QED) is 0.769. The fourth-order valence-corrected chi connectivity index (χ4v) is 2.09. The number of nitrogens with two attached hydrogens (primary N) is 1. The van der Waals surface area contributed by atoms with Crippen LogP contribution in [0.15, 0.2) is 48.5 Å². The molecule has 0 heterocycles. The molecule has 0 aliphatic heterocycles. The number of hydrogen-bond acceptors (Lipinski definition) is 5. The van der Waals surface area contributed by atoms with Gasteiger partial charge in [-0.25, -0.2) is 4.79 Å². The van der Waals surface area contributed by atoms with Crippen molar-refractivity contribution in [2.75, 3.05) is 13.7 Å². The first-order valence-electron chi connectivity index (χ1n) is 8.98. The highest BCUT2D eigenvalue weighted by Gasteiger charge is 2.05. The fourth-order valence-electron chi connectivity index (χ4n) is 2.09. The summed E-state index contributed by atoms with van der Waals surface area (Å²) in [4.78, 5) is 10.5. The highest BCUT2D eigenvalue weighted by molar-refractivity contribution is 5.67. The zero-order chi connectivity index (χ0) is 20.1. The Kier molecular flexibility index (Phi) is 10.4. The van der Waals surface area contributed by atoms with Gasteiger partial charge in [-0.3, -0.25) is 0 Å². The number of carbonyl (C=O) groups is 1. The number of hydrogen-bond donors (Lipinski definition) is 2. The van der Waals surface area contributed by atoms with Crippen LogP contribution in [0.1, 0.15) is 31.9 Å². The Labute approximate surface area is 161 Å². The smallest absolute Gasteiger partial charge is 0.407 e. The predicted molar refractivity (Wildman–Crippen MR) is 107 cm³/mol. The number of amides is 1. The molecule has 27 heavy (non-hydrogen) atoms. The highest BCUT2D eigenvalue weighted by atomic mass is 16.6. The lowest BCUT2D eigenvalue weighted by molar-refractivity contribution is 0.116. The SMILES string of the molecule is CCNC(=O)OC(C)C.COc1cc(CN)ccc1OCc1ccccc1. The van der Waals surface area contributed by atoms with Crippen LogP contribution < -0.4 is 20.5 Å². The van der Waals surface area contributed by atoms with E-state index in [0.717, 1.165) is 16.9 Å².